The Labute approximate surface area is 177 Å². The van der Waals surface area contributed by atoms with Gasteiger partial charge in [0, 0.05) is 28.4 Å². The number of fused-ring (bicyclic) bond motifs is 1. The van der Waals surface area contributed by atoms with Gasteiger partial charge in [-0.1, -0.05) is 11.6 Å². The molecule has 0 unspecified atom stereocenters. The SMILES string of the molecule is O=C(NC12CC(c3nc4ccc(Cl)cc4o3)(C1)C2)c1ccnc(S(=O)(=O)C2CC2)c1. The van der Waals surface area contributed by atoms with Crippen molar-refractivity contribution >= 4 is 38.4 Å². The zero-order valence-electron chi connectivity index (χ0n) is 15.9. The Morgan fingerprint density at radius 3 is 2.67 bits per heavy atom. The smallest absolute Gasteiger partial charge is 0.251 e. The second-order valence-electron chi connectivity index (χ2n) is 8.80. The molecule has 0 atom stereocenters. The van der Waals surface area contributed by atoms with Gasteiger partial charge in [-0.25, -0.2) is 18.4 Å². The summed E-state index contributed by atoms with van der Waals surface area (Å²) in [6.07, 6.45) is 4.97. The molecule has 4 aliphatic carbocycles. The first-order valence-corrected chi connectivity index (χ1v) is 11.8. The van der Waals surface area contributed by atoms with Crippen molar-refractivity contribution in [1.29, 1.82) is 0 Å². The first kappa shape index (κ1) is 18.3. The minimum absolute atomic E-state index is 0.0168. The summed E-state index contributed by atoms with van der Waals surface area (Å²) < 4.78 is 30.7. The fraction of sp³-hybridized carbons (Fsp3) is 0.381. The van der Waals surface area contributed by atoms with E-state index in [1.807, 2.05) is 6.07 Å². The van der Waals surface area contributed by atoms with E-state index in [9.17, 15) is 13.2 Å². The van der Waals surface area contributed by atoms with Crippen LogP contribution < -0.4 is 5.32 Å². The molecule has 0 spiro atoms. The van der Waals surface area contributed by atoms with Gasteiger partial charge in [-0.3, -0.25) is 4.79 Å². The predicted octanol–water partition coefficient (Wildman–Crippen LogP) is 3.42. The van der Waals surface area contributed by atoms with E-state index in [2.05, 4.69) is 15.3 Å². The largest absolute Gasteiger partial charge is 0.440 e. The van der Waals surface area contributed by atoms with Crippen LogP contribution in [0.1, 0.15) is 48.4 Å². The zero-order chi connectivity index (χ0) is 20.7. The van der Waals surface area contributed by atoms with Crippen LogP contribution in [-0.2, 0) is 15.3 Å². The molecule has 2 aromatic heterocycles. The summed E-state index contributed by atoms with van der Waals surface area (Å²) in [4.78, 5) is 21.4. The van der Waals surface area contributed by atoms with E-state index in [-0.39, 0.29) is 27.1 Å². The predicted molar refractivity (Wildman–Crippen MR) is 109 cm³/mol. The third-order valence-electron chi connectivity index (χ3n) is 6.46. The molecule has 0 saturated heterocycles. The number of amides is 1. The molecule has 0 radical (unpaired) electrons. The van der Waals surface area contributed by atoms with E-state index in [0.29, 0.717) is 34.9 Å². The molecule has 4 saturated carbocycles. The topological polar surface area (TPSA) is 102 Å². The molecule has 2 bridgehead atoms. The van der Waals surface area contributed by atoms with Crippen LogP contribution in [0.4, 0.5) is 0 Å². The molecule has 7 rings (SSSR count). The van der Waals surface area contributed by atoms with Crippen LogP contribution in [0.2, 0.25) is 5.02 Å². The number of hydrogen-bond acceptors (Lipinski definition) is 6. The Balaban J connectivity index is 1.17. The van der Waals surface area contributed by atoms with Gasteiger partial charge in [0.05, 0.1) is 10.7 Å². The molecular weight excluding hydrogens is 426 g/mol. The van der Waals surface area contributed by atoms with Gasteiger partial charge in [-0.15, -0.1) is 0 Å². The van der Waals surface area contributed by atoms with Crippen molar-refractivity contribution in [3.05, 3.63) is 53.0 Å². The lowest BCUT2D eigenvalue weighted by molar-refractivity contribution is -0.0955. The standard InChI is InChI=1S/C21H18ClN3O4S/c22-13-1-4-15-16(8-13)29-19(24-15)20-9-21(10-20,11-20)25-18(26)12-5-6-23-17(7-12)30(27,28)14-2-3-14/h1,4-8,14H,2-3,9-11H2,(H,25,26). The number of halogens is 1. The van der Waals surface area contributed by atoms with Crippen LogP contribution >= 0.6 is 11.6 Å². The number of oxazole rings is 1. The van der Waals surface area contributed by atoms with Crippen molar-refractivity contribution in [1.82, 2.24) is 15.3 Å². The molecular formula is C21H18ClN3O4S. The number of carbonyl (C=O) groups is 1. The van der Waals surface area contributed by atoms with Crippen molar-refractivity contribution < 1.29 is 17.6 Å². The fourth-order valence-electron chi connectivity index (χ4n) is 4.84. The summed E-state index contributed by atoms with van der Waals surface area (Å²) in [5, 5.41) is 3.32. The van der Waals surface area contributed by atoms with Crippen molar-refractivity contribution in [2.24, 2.45) is 0 Å². The molecule has 4 fully saturated rings. The van der Waals surface area contributed by atoms with Crippen LogP contribution in [0.25, 0.3) is 11.1 Å². The first-order valence-electron chi connectivity index (χ1n) is 9.88. The van der Waals surface area contributed by atoms with Gasteiger partial charge in [0.25, 0.3) is 5.91 Å². The van der Waals surface area contributed by atoms with E-state index in [1.165, 1.54) is 12.3 Å². The van der Waals surface area contributed by atoms with E-state index in [1.54, 1.807) is 18.2 Å². The van der Waals surface area contributed by atoms with Crippen LogP contribution in [0.3, 0.4) is 0 Å². The van der Waals surface area contributed by atoms with E-state index in [0.717, 1.165) is 24.8 Å². The molecule has 154 valence electrons. The number of rotatable bonds is 5. The first-order chi connectivity index (χ1) is 14.3. The van der Waals surface area contributed by atoms with Gasteiger partial charge >= 0.3 is 0 Å². The number of hydrogen-bond donors (Lipinski definition) is 1. The lowest BCUT2D eigenvalue weighted by Gasteiger charge is -2.68. The second-order valence-corrected chi connectivity index (χ2v) is 11.4. The van der Waals surface area contributed by atoms with E-state index < -0.39 is 9.84 Å². The van der Waals surface area contributed by atoms with Crippen LogP contribution in [0.15, 0.2) is 46.0 Å². The lowest BCUT2D eigenvalue weighted by atomic mass is 9.39. The average molecular weight is 444 g/mol. The van der Waals surface area contributed by atoms with Crippen LogP contribution in [-0.4, -0.2) is 35.1 Å². The molecule has 1 aromatic carbocycles. The van der Waals surface area contributed by atoms with Crippen molar-refractivity contribution in [3.63, 3.8) is 0 Å². The molecule has 4 aliphatic rings. The van der Waals surface area contributed by atoms with Crippen LogP contribution in [0, 0.1) is 0 Å². The fourth-order valence-corrected chi connectivity index (χ4v) is 6.60. The van der Waals surface area contributed by atoms with Gasteiger partial charge in [0.1, 0.15) is 5.52 Å². The maximum absolute atomic E-state index is 12.8. The van der Waals surface area contributed by atoms with Crippen molar-refractivity contribution in [2.75, 3.05) is 0 Å². The molecule has 1 N–H and O–H groups in total. The Bertz CT molecular complexity index is 1310. The molecule has 7 nitrogen and oxygen atoms in total. The average Bonchev–Trinajstić information content (AvgIpc) is 3.44. The van der Waals surface area contributed by atoms with E-state index in [4.69, 9.17) is 16.0 Å². The molecule has 30 heavy (non-hydrogen) atoms. The van der Waals surface area contributed by atoms with Gasteiger partial charge in [0.15, 0.2) is 20.4 Å². The monoisotopic (exact) mass is 443 g/mol. The summed E-state index contributed by atoms with van der Waals surface area (Å²) in [5.41, 5.74) is 1.34. The zero-order valence-corrected chi connectivity index (χ0v) is 17.5. The van der Waals surface area contributed by atoms with Gasteiger partial charge in [0.2, 0.25) is 5.89 Å². The lowest BCUT2D eigenvalue weighted by Crippen LogP contribution is -2.76. The molecule has 2 heterocycles. The third kappa shape index (κ3) is 2.63. The number of pyridine rings is 1. The molecule has 1 amide bonds. The highest BCUT2D eigenvalue weighted by atomic mass is 35.5. The Morgan fingerprint density at radius 1 is 1.17 bits per heavy atom. The maximum Gasteiger partial charge on any atom is 0.251 e. The summed E-state index contributed by atoms with van der Waals surface area (Å²) in [6, 6.07) is 8.31. The molecule has 3 aromatic rings. The Morgan fingerprint density at radius 2 is 1.93 bits per heavy atom. The molecule has 9 heteroatoms. The minimum atomic E-state index is -3.43. The highest BCUT2D eigenvalue weighted by Crippen LogP contribution is 2.67. The molecule has 0 aliphatic heterocycles. The third-order valence-corrected chi connectivity index (χ3v) is 8.86. The summed E-state index contributed by atoms with van der Waals surface area (Å²) in [7, 11) is -3.43. The number of sulfone groups is 1. The number of aromatic nitrogens is 2. The highest BCUT2D eigenvalue weighted by Gasteiger charge is 2.71. The Hall–Kier alpha value is -2.45. The minimum Gasteiger partial charge on any atom is -0.440 e. The summed E-state index contributed by atoms with van der Waals surface area (Å²) >= 11 is 6.02. The normalized spacial score (nSPS) is 27.4. The maximum atomic E-state index is 12.8. The van der Waals surface area contributed by atoms with Gasteiger partial charge in [-0.2, -0.15) is 0 Å². The van der Waals surface area contributed by atoms with E-state index >= 15 is 0 Å². The highest BCUT2D eigenvalue weighted by molar-refractivity contribution is 7.92. The van der Waals surface area contributed by atoms with Crippen LogP contribution in [0.5, 0.6) is 0 Å². The number of nitrogens with one attached hydrogen (secondary N) is 1. The summed E-state index contributed by atoms with van der Waals surface area (Å²) in [5.74, 6) is 0.417. The number of carbonyl (C=O) groups excluding carboxylic acids is 1. The van der Waals surface area contributed by atoms with Crippen molar-refractivity contribution in [2.45, 2.75) is 53.3 Å². The summed E-state index contributed by atoms with van der Waals surface area (Å²) in [6.45, 7) is 0. The quantitative estimate of drug-likeness (QED) is 0.648. The van der Waals surface area contributed by atoms with Gasteiger partial charge < -0.3 is 9.73 Å². The van der Waals surface area contributed by atoms with Gasteiger partial charge in [-0.05, 0) is 56.4 Å². The number of benzene rings is 1. The number of nitrogens with zero attached hydrogens (tertiary/aromatic N) is 2. The van der Waals surface area contributed by atoms with Crippen molar-refractivity contribution in [3.8, 4) is 0 Å². The Kier molecular flexibility index (Phi) is 3.56. The second kappa shape index (κ2) is 5.82.